The van der Waals surface area contributed by atoms with Crippen LogP contribution in [-0.4, -0.2) is 34.9 Å². The number of hydrogen-bond acceptors (Lipinski definition) is 3. The van der Waals surface area contributed by atoms with Crippen LogP contribution in [0.25, 0.3) is 0 Å². The highest BCUT2D eigenvalue weighted by Crippen LogP contribution is 2.06. The van der Waals surface area contributed by atoms with Crippen molar-refractivity contribution in [3.8, 4) is 0 Å². The Morgan fingerprint density at radius 1 is 0.920 bits per heavy atom. The van der Waals surface area contributed by atoms with Crippen LogP contribution in [0.4, 0.5) is 0 Å². The molecule has 0 aliphatic rings. The van der Waals surface area contributed by atoms with E-state index in [2.05, 4.69) is 24.4 Å². The average Bonchev–Trinajstić information content (AvgIpc) is 2.62. The minimum Gasteiger partial charge on any atom is -0.394 e. The van der Waals surface area contributed by atoms with E-state index in [9.17, 15) is 15.0 Å². The number of hydrogen-bond donors (Lipinski definition) is 3. The Morgan fingerprint density at radius 2 is 1.56 bits per heavy atom. The van der Waals surface area contributed by atoms with Crippen LogP contribution in [0.3, 0.4) is 0 Å². The monoisotopic (exact) mass is 353 g/mol. The van der Waals surface area contributed by atoms with Gasteiger partial charge in [0.15, 0.2) is 0 Å². The minimum atomic E-state index is -0.849. The number of nitrogens with one attached hydrogen (secondary N) is 1. The highest BCUT2D eigenvalue weighted by atomic mass is 16.3. The van der Waals surface area contributed by atoms with Crippen molar-refractivity contribution >= 4 is 5.91 Å². The first kappa shape index (κ1) is 23.9. The van der Waals surface area contributed by atoms with Gasteiger partial charge in [0, 0.05) is 6.42 Å². The molecule has 0 aromatic rings. The molecule has 2 atom stereocenters. The van der Waals surface area contributed by atoms with Crippen LogP contribution >= 0.6 is 0 Å². The van der Waals surface area contributed by atoms with Gasteiger partial charge in [0.1, 0.15) is 0 Å². The standard InChI is InChI=1S/C21H39NO3/c1-3-5-7-8-9-10-11-12-13-14-15-16-20(24)19(18-23)22-21(25)17-6-4-2/h11-12,15-16,19-20,23-24H,3-10,13-14,17-18H2,1-2H3,(H,22,25)/b12-11+,16-15+. The van der Waals surface area contributed by atoms with Crippen molar-refractivity contribution in [1.82, 2.24) is 5.32 Å². The summed E-state index contributed by atoms with van der Waals surface area (Å²) in [6.45, 7) is 3.99. The normalized spacial score (nSPS) is 14.2. The van der Waals surface area contributed by atoms with Gasteiger partial charge in [0.05, 0.1) is 18.8 Å². The third-order valence-electron chi connectivity index (χ3n) is 4.19. The second-order valence-electron chi connectivity index (χ2n) is 6.63. The molecule has 4 nitrogen and oxygen atoms in total. The Morgan fingerprint density at radius 3 is 2.24 bits per heavy atom. The Hall–Kier alpha value is -1.13. The van der Waals surface area contributed by atoms with Gasteiger partial charge in [-0.1, -0.05) is 70.3 Å². The Balaban J connectivity index is 3.84. The molecule has 0 bridgehead atoms. The summed E-state index contributed by atoms with van der Waals surface area (Å²) in [4.78, 5) is 11.7. The van der Waals surface area contributed by atoms with Crippen LogP contribution in [0, 0.1) is 0 Å². The molecular formula is C21H39NO3. The average molecular weight is 354 g/mol. The van der Waals surface area contributed by atoms with Gasteiger partial charge in [-0.3, -0.25) is 4.79 Å². The second-order valence-corrected chi connectivity index (χ2v) is 6.63. The molecule has 1 amide bonds. The molecular weight excluding hydrogens is 314 g/mol. The molecule has 0 aliphatic carbocycles. The number of allylic oxidation sites excluding steroid dienone is 3. The van der Waals surface area contributed by atoms with E-state index in [1.807, 2.05) is 13.0 Å². The first-order valence-corrected chi connectivity index (χ1v) is 10.1. The van der Waals surface area contributed by atoms with Crippen LogP contribution in [0.1, 0.15) is 84.5 Å². The molecule has 0 aliphatic heterocycles. The summed E-state index contributed by atoms with van der Waals surface area (Å²) in [5.41, 5.74) is 0. The Labute approximate surface area is 154 Å². The molecule has 3 N–H and O–H groups in total. The summed E-state index contributed by atoms with van der Waals surface area (Å²) in [6.07, 6.45) is 18.9. The molecule has 0 aromatic carbocycles. The molecule has 25 heavy (non-hydrogen) atoms. The van der Waals surface area contributed by atoms with Crippen molar-refractivity contribution in [2.75, 3.05) is 6.61 Å². The molecule has 146 valence electrons. The van der Waals surface area contributed by atoms with E-state index in [-0.39, 0.29) is 12.5 Å². The number of carbonyl (C=O) groups is 1. The largest absolute Gasteiger partial charge is 0.394 e. The third-order valence-corrected chi connectivity index (χ3v) is 4.19. The number of rotatable bonds is 16. The van der Waals surface area contributed by atoms with Crippen LogP contribution in [0.5, 0.6) is 0 Å². The molecule has 2 unspecified atom stereocenters. The first-order chi connectivity index (χ1) is 12.2. The van der Waals surface area contributed by atoms with Gasteiger partial charge in [-0.25, -0.2) is 0 Å². The van der Waals surface area contributed by atoms with Crippen LogP contribution in [0.2, 0.25) is 0 Å². The smallest absolute Gasteiger partial charge is 0.220 e. The van der Waals surface area contributed by atoms with Crippen molar-refractivity contribution < 1.29 is 15.0 Å². The molecule has 0 aromatic heterocycles. The summed E-state index contributed by atoms with van der Waals surface area (Å²) in [6, 6.07) is -0.626. The van der Waals surface area contributed by atoms with Crippen molar-refractivity contribution in [2.24, 2.45) is 0 Å². The van der Waals surface area contributed by atoms with E-state index in [1.54, 1.807) is 6.08 Å². The number of carbonyl (C=O) groups excluding carboxylic acids is 1. The van der Waals surface area contributed by atoms with E-state index in [0.717, 1.165) is 32.1 Å². The highest BCUT2D eigenvalue weighted by Gasteiger charge is 2.17. The highest BCUT2D eigenvalue weighted by molar-refractivity contribution is 5.76. The molecule has 0 radical (unpaired) electrons. The predicted octanol–water partition coefficient (Wildman–Crippen LogP) is 4.27. The fourth-order valence-corrected chi connectivity index (χ4v) is 2.52. The zero-order valence-electron chi connectivity index (χ0n) is 16.3. The number of aliphatic hydroxyl groups excluding tert-OH is 2. The van der Waals surface area contributed by atoms with Crippen LogP contribution in [-0.2, 0) is 4.79 Å². The fraction of sp³-hybridized carbons (Fsp3) is 0.762. The zero-order chi connectivity index (χ0) is 18.8. The van der Waals surface area contributed by atoms with Crippen molar-refractivity contribution in [3.63, 3.8) is 0 Å². The molecule has 0 saturated carbocycles. The lowest BCUT2D eigenvalue weighted by Crippen LogP contribution is -2.45. The van der Waals surface area contributed by atoms with Gasteiger partial charge in [0.25, 0.3) is 0 Å². The van der Waals surface area contributed by atoms with Crippen molar-refractivity contribution in [2.45, 2.75) is 96.6 Å². The molecule has 0 spiro atoms. The second kappa shape index (κ2) is 17.7. The van der Waals surface area contributed by atoms with Gasteiger partial charge in [-0.15, -0.1) is 0 Å². The lowest BCUT2D eigenvalue weighted by atomic mass is 10.1. The van der Waals surface area contributed by atoms with Gasteiger partial charge in [-0.05, 0) is 32.1 Å². The SMILES string of the molecule is CCCCCCC/C=C/CC/C=C/C(O)C(CO)NC(=O)CCCC. The summed E-state index contributed by atoms with van der Waals surface area (Å²) < 4.78 is 0. The number of unbranched alkanes of at least 4 members (excludes halogenated alkanes) is 7. The van der Waals surface area contributed by atoms with Gasteiger partial charge >= 0.3 is 0 Å². The Bertz CT molecular complexity index is 366. The van der Waals surface area contributed by atoms with Crippen molar-refractivity contribution in [1.29, 1.82) is 0 Å². The first-order valence-electron chi connectivity index (χ1n) is 10.1. The summed E-state index contributed by atoms with van der Waals surface area (Å²) in [5.74, 6) is -0.116. The van der Waals surface area contributed by atoms with E-state index in [0.29, 0.717) is 6.42 Å². The molecule has 4 heteroatoms. The molecule has 0 fully saturated rings. The Kier molecular flexibility index (Phi) is 16.9. The van der Waals surface area contributed by atoms with Crippen LogP contribution in [0.15, 0.2) is 24.3 Å². The van der Waals surface area contributed by atoms with Crippen molar-refractivity contribution in [3.05, 3.63) is 24.3 Å². The van der Waals surface area contributed by atoms with Crippen LogP contribution < -0.4 is 5.32 Å². The maximum Gasteiger partial charge on any atom is 0.220 e. The molecule has 0 heterocycles. The van der Waals surface area contributed by atoms with E-state index >= 15 is 0 Å². The topological polar surface area (TPSA) is 69.6 Å². The predicted molar refractivity (Wildman–Crippen MR) is 105 cm³/mol. The maximum atomic E-state index is 11.7. The number of amides is 1. The third kappa shape index (κ3) is 14.9. The quantitative estimate of drug-likeness (QED) is 0.287. The lowest BCUT2D eigenvalue weighted by molar-refractivity contribution is -0.122. The maximum absolute atomic E-state index is 11.7. The van der Waals surface area contributed by atoms with E-state index < -0.39 is 12.1 Å². The van der Waals surface area contributed by atoms with Gasteiger partial charge in [-0.2, -0.15) is 0 Å². The van der Waals surface area contributed by atoms with Gasteiger partial charge < -0.3 is 15.5 Å². The van der Waals surface area contributed by atoms with E-state index in [4.69, 9.17) is 0 Å². The zero-order valence-corrected chi connectivity index (χ0v) is 16.3. The molecule has 0 saturated heterocycles. The molecule has 0 rings (SSSR count). The summed E-state index contributed by atoms with van der Waals surface area (Å²) >= 11 is 0. The van der Waals surface area contributed by atoms with Gasteiger partial charge in [0.2, 0.25) is 5.91 Å². The summed E-state index contributed by atoms with van der Waals surface area (Å²) in [7, 11) is 0. The lowest BCUT2D eigenvalue weighted by Gasteiger charge is -2.19. The summed E-state index contributed by atoms with van der Waals surface area (Å²) in [5, 5.41) is 22.1. The fourth-order valence-electron chi connectivity index (χ4n) is 2.52. The van der Waals surface area contributed by atoms with E-state index in [1.165, 1.54) is 32.1 Å². The minimum absolute atomic E-state index is 0.116. The number of aliphatic hydroxyl groups is 2.